The van der Waals surface area contributed by atoms with Crippen molar-refractivity contribution < 1.29 is 37.9 Å². The van der Waals surface area contributed by atoms with Crippen molar-refractivity contribution in [3.8, 4) is 0 Å². The van der Waals surface area contributed by atoms with Gasteiger partial charge >= 0.3 is 19.8 Å². The van der Waals surface area contributed by atoms with Crippen LogP contribution in [0.2, 0.25) is 0 Å². The minimum Gasteiger partial charge on any atom is -0.462 e. The average Bonchev–Trinajstić information content (AvgIpc) is 3.17. The summed E-state index contributed by atoms with van der Waals surface area (Å²) in [4.78, 5) is 42.9. The van der Waals surface area contributed by atoms with Crippen LogP contribution >= 0.6 is 7.82 Å². The van der Waals surface area contributed by atoms with E-state index in [1.54, 1.807) is 0 Å². The highest BCUT2D eigenvalue weighted by Gasteiger charge is 2.22. The van der Waals surface area contributed by atoms with E-state index < -0.39 is 32.5 Å². The Kier molecular flexibility index (Phi) is 40.7. The van der Waals surface area contributed by atoms with Gasteiger partial charge in [0.1, 0.15) is 6.61 Å². The molecule has 0 aliphatic heterocycles. The van der Waals surface area contributed by atoms with E-state index in [0.717, 1.165) is 57.8 Å². The Hall–Kier alpha value is -2.25. The number of allylic oxidation sites excluding steroid dienone is 10. The van der Waals surface area contributed by atoms with Gasteiger partial charge in [-0.3, -0.25) is 14.1 Å². The van der Waals surface area contributed by atoms with Gasteiger partial charge in [-0.1, -0.05) is 203 Å². The first-order valence-corrected chi connectivity index (χ1v) is 24.1. The molecule has 0 saturated carbocycles. The summed E-state index contributed by atoms with van der Waals surface area (Å²) in [5, 5.41) is 0. The second-order valence-electron chi connectivity index (χ2n) is 15.0. The maximum Gasteiger partial charge on any atom is 0.469 e. The lowest BCUT2D eigenvalue weighted by molar-refractivity contribution is -0.161. The molecule has 0 fully saturated rings. The molecular weight excluding hydrogens is 723 g/mol. The van der Waals surface area contributed by atoms with E-state index in [1.165, 1.54) is 109 Å². The van der Waals surface area contributed by atoms with Crippen LogP contribution in [0.4, 0.5) is 0 Å². The normalized spacial score (nSPS) is 13.0. The molecule has 9 heteroatoms. The Balaban J connectivity index is 3.93. The molecule has 0 aliphatic carbocycles. The van der Waals surface area contributed by atoms with Gasteiger partial charge in [-0.15, -0.1) is 0 Å². The SMILES string of the molecule is CC/C=C\C/C=C\C/C=C\C/C=C\C/C=C\CCCC(=O)OC[C@H](COP(=O)(O)O)OC(=O)CCCCCCCCCCCCCCCCCCCCCCC. The zero-order valence-electron chi connectivity index (χ0n) is 35.8. The summed E-state index contributed by atoms with van der Waals surface area (Å²) in [7, 11) is -4.77. The molecule has 0 heterocycles. The van der Waals surface area contributed by atoms with Crippen LogP contribution in [0, 0.1) is 0 Å². The lowest BCUT2D eigenvalue weighted by atomic mass is 10.0. The molecule has 8 nitrogen and oxygen atoms in total. The number of rotatable bonds is 41. The molecule has 0 aromatic carbocycles. The van der Waals surface area contributed by atoms with Crippen molar-refractivity contribution in [2.24, 2.45) is 0 Å². The summed E-state index contributed by atoms with van der Waals surface area (Å²) in [6, 6.07) is 0. The summed E-state index contributed by atoms with van der Waals surface area (Å²) < 4.78 is 26.4. The number of phosphoric acid groups is 1. The first kappa shape index (κ1) is 53.8. The third-order valence-electron chi connectivity index (χ3n) is 9.55. The molecule has 0 aliphatic rings. The third-order valence-corrected chi connectivity index (χ3v) is 10.0. The second kappa shape index (κ2) is 42.4. The van der Waals surface area contributed by atoms with Crippen LogP contribution in [0.3, 0.4) is 0 Å². The van der Waals surface area contributed by atoms with Crippen molar-refractivity contribution in [3.63, 3.8) is 0 Å². The highest BCUT2D eigenvalue weighted by molar-refractivity contribution is 7.46. The minimum atomic E-state index is -4.77. The fourth-order valence-corrected chi connectivity index (χ4v) is 6.59. The largest absolute Gasteiger partial charge is 0.469 e. The second-order valence-corrected chi connectivity index (χ2v) is 16.2. The Bertz CT molecular complexity index is 1090. The van der Waals surface area contributed by atoms with Crippen molar-refractivity contribution in [2.45, 2.75) is 213 Å². The summed E-state index contributed by atoms with van der Waals surface area (Å²) in [6.07, 6.45) is 53.8. The van der Waals surface area contributed by atoms with E-state index in [-0.39, 0.29) is 19.4 Å². The number of carbonyl (C=O) groups is 2. The predicted octanol–water partition coefficient (Wildman–Crippen LogP) is 14.1. The first-order chi connectivity index (χ1) is 27.3. The van der Waals surface area contributed by atoms with E-state index in [9.17, 15) is 14.2 Å². The zero-order chi connectivity index (χ0) is 41.1. The van der Waals surface area contributed by atoms with Gasteiger partial charge in [-0.05, 0) is 51.4 Å². The summed E-state index contributed by atoms with van der Waals surface area (Å²) in [5.41, 5.74) is 0. The molecule has 2 N–H and O–H groups in total. The van der Waals surface area contributed by atoms with Crippen molar-refractivity contribution in [1.29, 1.82) is 0 Å². The number of hydrogen-bond donors (Lipinski definition) is 2. The van der Waals surface area contributed by atoms with Crippen LogP contribution in [0.1, 0.15) is 206 Å². The van der Waals surface area contributed by atoms with E-state index in [4.69, 9.17) is 19.3 Å². The van der Waals surface area contributed by atoms with Gasteiger partial charge < -0.3 is 19.3 Å². The average molecular weight is 807 g/mol. The Morgan fingerprint density at radius 1 is 0.482 bits per heavy atom. The third kappa shape index (κ3) is 44.5. The molecule has 0 saturated heterocycles. The Labute approximate surface area is 343 Å². The highest BCUT2D eigenvalue weighted by atomic mass is 31.2. The number of carbonyl (C=O) groups excluding carboxylic acids is 2. The monoisotopic (exact) mass is 807 g/mol. The summed E-state index contributed by atoms with van der Waals surface area (Å²) >= 11 is 0. The number of hydrogen-bond acceptors (Lipinski definition) is 6. The standard InChI is InChI=1S/C47H83O8P/c1-3-5-7-9-11-13-15-17-19-21-22-23-24-26-28-30-32-34-36-38-40-42-47(49)55-45(44-54-56(50,51)52)43-53-46(48)41-39-37-35-33-31-29-27-25-20-18-16-14-12-10-8-6-4-2/h6,8,12,14,18,20,27,29,33,35,45H,3-5,7,9-11,13,15-17,19,21-26,28,30-32,34,36-44H2,1-2H3,(H2,50,51,52)/b8-6-,14-12-,20-18-,29-27-,35-33-/t45-/m1/s1. The molecule has 56 heavy (non-hydrogen) atoms. The van der Waals surface area contributed by atoms with Gasteiger partial charge in [-0.25, -0.2) is 4.57 Å². The maximum absolute atomic E-state index is 12.4. The predicted molar refractivity (Wildman–Crippen MR) is 234 cm³/mol. The topological polar surface area (TPSA) is 119 Å². The van der Waals surface area contributed by atoms with Gasteiger partial charge in [0.15, 0.2) is 6.10 Å². The lowest BCUT2D eigenvalue weighted by Gasteiger charge is -2.18. The number of phosphoric ester groups is 1. The molecule has 0 unspecified atom stereocenters. The van der Waals surface area contributed by atoms with Gasteiger partial charge in [-0.2, -0.15) is 0 Å². The number of esters is 2. The summed E-state index contributed by atoms with van der Waals surface area (Å²) in [6.45, 7) is 3.54. The zero-order valence-corrected chi connectivity index (χ0v) is 36.7. The fourth-order valence-electron chi connectivity index (χ4n) is 6.23. The van der Waals surface area contributed by atoms with Gasteiger partial charge in [0, 0.05) is 12.8 Å². The quantitative estimate of drug-likeness (QED) is 0.0271. The minimum absolute atomic E-state index is 0.188. The van der Waals surface area contributed by atoms with Crippen LogP contribution in [-0.4, -0.2) is 41.0 Å². The molecule has 0 aromatic rings. The summed E-state index contributed by atoms with van der Waals surface area (Å²) in [5.74, 6) is -0.949. The van der Waals surface area contributed by atoms with E-state index in [2.05, 4.69) is 73.1 Å². The van der Waals surface area contributed by atoms with Crippen LogP contribution in [0.25, 0.3) is 0 Å². The Morgan fingerprint density at radius 2 is 0.857 bits per heavy atom. The number of ether oxygens (including phenoxy) is 2. The van der Waals surface area contributed by atoms with Gasteiger partial charge in [0.05, 0.1) is 6.61 Å². The van der Waals surface area contributed by atoms with Crippen LogP contribution in [-0.2, 0) is 28.2 Å². The Morgan fingerprint density at radius 3 is 1.27 bits per heavy atom. The van der Waals surface area contributed by atoms with Crippen molar-refractivity contribution >= 4 is 19.8 Å². The highest BCUT2D eigenvalue weighted by Crippen LogP contribution is 2.36. The van der Waals surface area contributed by atoms with E-state index >= 15 is 0 Å². The van der Waals surface area contributed by atoms with E-state index in [1.807, 2.05) is 6.08 Å². The number of unbranched alkanes of at least 4 members (excludes halogenated alkanes) is 21. The van der Waals surface area contributed by atoms with Crippen molar-refractivity contribution in [2.75, 3.05) is 13.2 Å². The van der Waals surface area contributed by atoms with Crippen LogP contribution in [0.5, 0.6) is 0 Å². The molecule has 0 aromatic heterocycles. The molecule has 0 bridgehead atoms. The molecule has 0 radical (unpaired) electrons. The molecular formula is C47H83O8P. The van der Waals surface area contributed by atoms with E-state index in [0.29, 0.717) is 12.8 Å². The fraction of sp³-hybridized carbons (Fsp3) is 0.745. The van der Waals surface area contributed by atoms with Crippen molar-refractivity contribution in [3.05, 3.63) is 60.8 Å². The molecule has 0 spiro atoms. The first-order valence-electron chi connectivity index (χ1n) is 22.6. The lowest BCUT2D eigenvalue weighted by Crippen LogP contribution is -2.29. The molecule has 0 rings (SSSR count). The van der Waals surface area contributed by atoms with Gasteiger partial charge in [0.2, 0.25) is 0 Å². The molecule has 1 atom stereocenters. The maximum atomic E-state index is 12.4. The van der Waals surface area contributed by atoms with Crippen LogP contribution in [0.15, 0.2) is 60.8 Å². The smallest absolute Gasteiger partial charge is 0.462 e. The van der Waals surface area contributed by atoms with Gasteiger partial charge in [0.25, 0.3) is 0 Å². The van der Waals surface area contributed by atoms with Crippen LogP contribution < -0.4 is 0 Å². The van der Waals surface area contributed by atoms with Crippen molar-refractivity contribution in [1.82, 2.24) is 0 Å². The molecule has 0 amide bonds. The molecule has 324 valence electrons.